The Morgan fingerprint density at radius 1 is 1.58 bits per heavy atom. The number of nitrogens with two attached hydrogens (primary N) is 1. The number of aromatic nitrogens is 3. The largest absolute Gasteiger partial charge is 0.493 e. The van der Waals surface area contributed by atoms with Gasteiger partial charge in [0, 0.05) is 17.2 Å². The van der Waals surface area contributed by atoms with Crippen LogP contribution in [-0.2, 0) is 6.54 Å². The van der Waals surface area contributed by atoms with Gasteiger partial charge in [-0.2, -0.15) is 5.10 Å². The molecule has 0 aromatic carbocycles. The van der Waals surface area contributed by atoms with Gasteiger partial charge < -0.3 is 4.74 Å². The number of rotatable bonds is 5. The smallest absolute Gasteiger partial charge is 0.162 e. The van der Waals surface area contributed by atoms with Crippen molar-refractivity contribution in [3.05, 3.63) is 40.4 Å². The topological polar surface area (TPSA) is 78.0 Å². The molecule has 0 fully saturated rings. The van der Waals surface area contributed by atoms with Crippen LogP contribution in [0.2, 0.25) is 0 Å². The van der Waals surface area contributed by atoms with Crippen molar-refractivity contribution in [2.75, 3.05) is 7.11 Å². The predicted octanol–water partition coefficient (Wildman–Crippen LogP) is 1.62. The molecule has 19 heavy (non-hydrogen) atoms. The average Bonchev–Trinajstić information content (AvgIpc) is 2.85. The monoisotopic (exact) mass is 325 g/mol. The summed E-state index contributed by atoms with van der Waals surface area (Å²) in [5.41, 5.74) is 4.42. The summed E-state index contributed by atoms with van der Waals surface area (Å²) in [6.45, 7) is 2.73. The van der Waals surface area contributed by atoms with E-state index in [9.17, 15) is 0 Å². The van der Waals surface area contributed by atoms with Crippen LogP contribution in [0.25, 0.3) is 0 Å². The van der Waals surface area contributed by atoms with Crippen LogP contribution >= 0.6 is 15.9 Å². The fourth-order valence-corrected chi connectivity index (χ4v) is 2.46. The van der Waals surface area contributed by atoms with Crippen LogP contribution in [-0.4, -0.2) is 21.9 Å². The van der Waals surface area contributed by atoms with Crippen molar-refractivity contribution in [1.29, 1.82) is 0 Å². The highest BCUT2D eigenvalue weighted by molar-refractivity contribution is 9.10. The van der Waals surface area contributed by atoms with Gasteiger partial charge in [0.05, 0.1) is 19.0 Å². The van der Waals surface area contributed by atoms with E-state index >= 15 is 0 Å². The molecule has 0 spiro atoms. The highest BCUT2D eigenvalue weighted by atomic mass is 79.9. The van der Waals surface area contributed by atoms with Crippen molar-refractivity contribution in [2.24, 2.45) is 5.84 Å². The number of halogens is 1. The predicted molar refractivity (Wildman–Crippen MR) is 75.6 cm³/mol. The van der Waals surface area contributed by atoms with Crippen molar-refractivity contribution in [3.8, 4) is 5.75 Å². The molecule has 6 nitrogen and oxygen atoms in total. The summed E-state index contributed by atoms with van der Waals surface area (Å²) in [4.78, 5) is 4.37. The number of hydrogen-bond donors (Lipinski definition) is 2. The highest BCUT2D eigenvalue weighted by Crippen LogP contribution is 2.31. The summed E-state index contributed by atoms with van der Waals surface area (Å²) >= 11 is 3.49. The molecule has 2 aromatic heterocycles. The maximum absolute atomic E-state index is 5.70. The molecule has 0 aliphatic carbocycles. The van der Waals surface area contributed by atoms with Crippen LogP contribution in [0, 0.1) is 0 Å². The zero-order chi connectivity index (χ0) is 13.8. The van der Waals surface area contributed by atoms with Crippen molar-refractivity contribution in [1.82, 2.24) is 20.2 Å². The van der Waals surface area contributed by atoms with E-state index in [-0.39, 0.29) is 6.04 Å². The molecular weight excluding hydrogens is 310 g/mol. The van der Waals surface area contributed by atoms with E-state index in [2.05, 4.69) is 31.4 Å². The first-order valence-corrected chi connectivity index (χ1v) is 6.68. The van der Waals surface area contributed by atoms with E-state index in [0.29, 0.717) is 5.75 Å². The Labute approximate surface area is 120 Å². The number of hydrogen-bond acceptors (Lipinski definition) is 5. The second-order valence-electron chi connectivity index (χ2n) is 3.88. The molecule has 2 aromatic rings. The Hall–Kier alpha value is -1.44. The van der Waals surface area contributed by atoms with Gasteiger partial charge in [0.1, 0.15) is 11.7 Å². The lowest BCUT2D eigenvalue weighted by Crippen LogP contribution is -2.32. The van der Waals surface area contributed by atoms with Gasteiger partial charge in [-0.15, -0.1) is 0 Å². The molecule has 3 N–H and O–H groups in total. The minimum Gasteiger partial charge on any atom is -0.493 e. The SMILES string of the molecule is CCn1ncc(OC)c1C(NN)c1ncccc1Br. The van der Waals surface area contributed by atoms with Crippen LogP contribution < -0.4 is 16.0 Å². The first-order valence-electron chi connectivity index (χ1n) is 5.89. The molecule has 1 unspecified atom stereocenters. The molecule has 102 valence electrons. The van der Waals surface area contributed by atoms with Crippen molar-refractivity contribution in [2.45, 2.75) is 19.5 Å². The normalized spacial score (nSPS) is 12.4. The lowest BCUT2D eigenvalue weighted by molar-refractivity contribution is 0.398. The van der Waals surface area contributed by atoms with Crippen molar-refractivity contribution >= 4 is 15.9 Å². The fraction of sp³-hybridized carbons (Fsp3) is 0.333. The van der Waals surface area contributed by atoms with E-state index in [1.54, 1.807) is 19.5 Å². The van der Waals surface area contributed by atoms with E-state index in [1.165, 1.54) is 0 Å². The van der Waals surface area contributed by atoms with Crippen LogP contribution in [0.3, 0.4) is 0 Å². The molecule has 0 aliphatic rings. The Kier molecular flexibility index (Phi) is 4.52. The molecule has 0 radical (unpaired) electrons. The summed E-state index contributed by atoms with van der Waals surface area (Å²) < 4.78 is 8.07. The molecule has 0 amide bonds. The summed E-state index contributed by atoms with van der Waals surface area (Å²) in [5, 5.41) is 4.28. The Balaban J connectivity index is 2.54. The number of nitrogens with zero attached hydrogens (tertiary/aromatic N) is 3. The summed E-state index contributed by atoms with van der Waals surface area (Å²) in [5.74, 6) is 6.39. The summed E-state index contributed by atoms with van der Waals surface area (Å²) in [7, 11) is 1.61. The average molecular weight is 326 g/mol. The van der Waals surface area contributed by atoms with Crippen LogP contribution in [0.5, 0.6) is 5.75 Å². The maximum Gasteiger partial charge on any atom is 0.162 e. The van der Waals surface area contributed by atoms with Gasteiger partial charge in [0.2, 0.25) is 0 Å². The van der Waals surface area contributed by atoms with Crippen LogP contribution in [0.1, 0.15) is 24.4 Å². The van der Waals surface area contributed by atoms with Gasteiger partial charge in [0.25, 0.3) is 0 Å². The second kappa shape index (κ2) is 6.14. The van der Waals surface area contributed by atoms with E-state index in [1.807, 2.05) is 23.7 Å². The minimum absolute atomic E-state index is 0.298. The van der Waals surface area contributed by atoms with E-state index in [4.69, 9.17) is 10.6 Å². The first-order chi connectivity index (χ1) is 9.22. The van der Waals surface area contributed by atoms with Crippen LogP contribution in [0.15, 0.2) is 29.0 Å². The third kappa shape index (κ3) is 2.63. The lowest BCUT2D eigenvalue weighted by Gasteiger charge is -2.19. The minimum atomic E-state index is -0.298. The Morgan fingerprint density at radius 2 is 2.37 bits per heavy atom. The fourth-order valence-electron chi connectivity index (χ4n) is 1.98. The molecular formula is C12H16BrN5O. The first kappa shape index (κ1) is 14.0. The molecule has 7 heteroatoms. The molecule has 0 saturated heterocycles. The van der Waals surface area contributed by atoms with Gasteiger partial charge >= 0.3 is 0 Å². The number of methoxy groups -OCH3 is 1. The molecule has 0 saturated carbocycles. The van der Waals surface area contributed by atoms with Gasteiger partial charge in [0.15, 0.2) is 5.75 Å². The third-order valence-corrected chi connectivity index (χ3v) is 3.54. The third-order valence-electron chi connectivity index (χ3n) is 2.86. The lowest BCUT2D eigenvalue weighted by atomic mass is 10.1. The van der Waals surface area contributed by atoms with E-state index < -0.39 is 0 Å². The molecule has 2 rings (SSSR count). The van der Waals surface area contributed by atoms with Gasteiger partial charge in [-0.3, -0.25) is 15.5 Å². The molecule has 0 bridgehead atoms. The zero-order valence-corrected chi connectivity index (χ0v) is 12.4. The molecule has 1 atom stereocenters. The van der Waals surface area contributed by atoms with Crippen molar-refractivity contribution in [3.63, 3.8) is 0 Å². The highest BCUT2D eigenvalue weighted by Gasteiger charge is 2.24. The Morgan fingerprint density at radius 3 is 2.95 bits per heavy atom. The zero-order valence-electron chi connectivity index (χ0n) is 10.8. The second-order valence-corrected chi connectivity index (χ2v) is 4.74. The number of pyridine rings is 1. The van der Waals surface area contributed by atoms with Gasteiger partial charge in [-0.05, 0) is 35.0 Å². The number of nitrogens with one attached hydrogen (secondary N) is 1. The van der Waals surface area contributed by atoms with Crippen molar-refractivity contribution < 1.29 is 4.74 Å². The number of aryl methyl sites for hydroxylation is 1. The van der Waals surface area contributed by atoms with Crippen LogP contribution in [0.4, 0.5) is 0 Å². The summed E-state index contributed by atoms with van der Waals surface area (Å²) in [6.07, 6.45) is 3.41. The van der Waals surface area contributed by atoms with Gasteiger partial charge in [-0.25, -0.2) is 5.43 Å². The quantitative estimate of drug-likeness (QED) is 0.645. The van der Waals surface area contributed by atoms with Gasteiger partial charge in [-0.1, -0.05) is 0 Å². The summed E-state index contributed by atoms with van der Waals surface area (Å²) in [6, 6.07) is 3.48. The maximum atomic E-state index is 5.70. The molecule has 0 aliphatic heterocycles. The van der Waals surface area contributed by atoms with E-state index in [0.717, 1.165) is 22.4 Å². The number of hydrazine groups is 1. The number of ether oxygens (including phenoxy) is 1. The standard InChI is InChI=1S/C12H16BrN5O/c1-3-18-12(9(19-2)7-16-18)11(17-14)10-8(13)5-4-6-15-10/h4-7,11,17H,3,14H2,1-2H3. The molecule has 2 heterocycles. The Bertz CT molecular complexity index is 535.